The van der Waals surface area contributed by atoms with Gasteiger partial charge in [0.25, 0.3) is 5.91 Å². The third kappa shape index (κ3) is 3.03. The molecule has 1 aromatic carbocycles. The van der Waals surface area contributed by atoms with Crippen LogP contribution < -0.4 is 14.4 Å². The van der Waals surface area contributed by atoms with Crippen LogP contribution in [0.2, 0.25) is 0 Å². The Hall–Kier alpha value is -2.56. The molecule has 0 spiro atoms. The first-order valence-electron chi connectivity index (χ1n) is 7.23. The molecule has 0 radical (unpaired) electrons. The van der Waals surface area contributed by atoms with E-state index in [1.165, 1.54) is 0 Å². The van der Waals surface area contributed by atoms with Gasteiger partial charge in [-0.25, -0.2) is 4.98 Å². The largest absolute Gasteiger partial charge is 0.484 e. The smallest absolute Gasteiger partial charge is 0.265 e. The number of anilines is 1. The average molecular weight is 298 g/mol. The lowest BCUT2D eigenvalue weighted by Crippen LogP contribution is -2.40. The van der Waals surface area contributed by atoms with Crippen molar-refractivity contribution in [3.8, 4) is 11.6 Å². The highest BCUT2D eigenvalue weighted by atomic mass is 16.5. The summed E-state index contributed by atoms with van der Waals surface area (Å²) in [4.78, 5) is 18.2. The molecule has 0 saturated carbocycles. The molecule has 5 nitrogen and oxygen atoms in total. The van der Waals surface area contributed by atoms with Gasteiger partial charge in [0.1, 0.15) is 18.0 Å². The predicted octanol–water partition coefficient (Wildman–Crippen LogP) is 2.50. The van der Waals surface area contributed by atoms with Crippen LogP contribution in [0.5, 0.6) is 11.6 Å². The van der Waals surface area contributed by atoms with Gasteiger partial charge in [-0.15, -0.1) is 0 Å². The predicted molar refractivity (Wildman–Crippen MR) is 83.5 cm³/mol. The summed E-state index contributed by atoms with van der Waals surface area (Å²) < 4.78 is 11.1. The van der Waals surface area contributed by atoms with Gasteiger partial charge in [-0.2, -0.15) is 0 Å². The van der Waals surface area contributed by atoms with Crippen molar-refractivity contribution in [2.24, 2.45) is 0 Å². The minimum atomic E-state index is -0.100. The van der Waals surface area contributed by atoms with Crippen LogP contribution in [0.4, 0.5) is 5.69 Å². The number of carbonyl (C=O) groups is 1. The molecule has 1 amide bonds. The van der Waals surface area contributed by atoms with E-state index >= 15 is 0 Å². The lowest BCUT2D eigenvalue weighted by Gasteiger charge is -2.28. The maximum atomic E-state index is 12.4. The highest BCUT2D eigenvalue weighted by molar-refractivity contribution is 5.95. The van der Waals surface area contributed by atoms with Crippen LogP contribution in [-0.4, -0.2) is 30.6 Å². The summed E-state index contributed by atoms with van der Waals surface area (Å²) in [5.41, 5.74) is 2.93. The number of pyridine rings is 1. The Kier molecular flexibility index (Phi) is 3.96. The van der Waals surface area contributed by atoms with Crippen molar-refractivity contribution in [2.75, 3.05) is 24.7 Å². The molecule has 0 fully saturated rings. The molecular weight excluding hydrogens is 280 g/mol. The van der Waals surface area contributed by atoms with Crippen LogP contribution in [0.15, 0.2) is 36.5 Å². The van der Waals surface area contributed by atoms with Crippen LogP contribution in [0.25, 0.3) is 0 Å². The summed E-state index contributed by atoms with van der Waals surface area (Å²) >= 11 is 0. The quantitative estimate of drug-likeness (QED) is 0.873. The zero-order valence-electron chi connectivity index (χ0n) is 12.7. The molecule has 5 heteroatoms. The lowest BCUT2D eigenvalue weighted by atomic mass is 10.1. The van der Waals surface area contributed by atoms with Gasteiger partial charge in [-0.05, 0) is 49.2 Å². The second-order valence-electron chi connectivity index (χ2n) is 5.33. The number of carbonyl (C=O) groups excluding carboxylic acids is 1. The first-order valence-corrected chi connectivity index (χ1v) is 7.23. The molecule has 3 rings (SSSR count). The van der Waals surface area contributed by atoms with E-state index in [1.807, 2.05) is 32.0 Å². The number of hydrogen-bond acceptors (Lipinski definition) is 4. The van der Waals surface area contributed by atoms with Crippen LogP contribution in [0.1, 0.15) is 11.1 Å². The highest BCUT2D eigenvalue weighted by Crippen LogP contribution is 2.28. The number of benzene rings is 1. The Balaban J connectivity index is 1.70. The van der Waals surface area contributed by atoms with E-state index in [4.69, 9.17) is 9.47 Å². The van der Waals surface area contributed by atoms with Gasteiger partial charge in [-0.1, -0.05) is 6.07 Å². The summed E-state index contributed by atoms with van der Waals surface area (Å²) in [6, 6.07) is 9.54. The van der Waals surface area contributed by atoms with E-state index in [9.17, 15) is 4.79 Å². The SMILES string of the molecule is Cc1cc(C)cc(OCC(=O)N2CCOc3ncccc32)c1. The van der Waals surface area contributed by atoms with Gasteiger partial charge in [0.2, 0.25) is 5.88 Å². The lowest BCUT2D eigenvalue weighted by molar-refractivity contribution is -0.120. The van der Waals surface area contributed by atoms with Gasteiger partial charge in [0.15, 0.2) is 6.61 Å². The fourth-order valence-corrected chi connectivity index (χ4v) is 2.55. The number of ether oxygens (including phenoxy) is 2. The van der Waals surface area contributed by atoms with Crippen LogP contribution in [0.3, 0.4) is 0 Å². The number of hydrogen-bond donors (Lipinski definition) is 0. The zero-order valence-corrected chi connectivity index (χ0v) is 12.7. The van der Waals surface area contributed by atoms with E-state index in [0.29, 0.717) is 30.5 Å². The molecule has 1 aliphatic rings. The minimum absolute atomic E-state index is 0.00275. The Bertz CT molecular complexity index is 680. The van der Waals surface area contributed by atoms with E-state index in [1.54, 1.807) is 17.2 Å². The van der Waals surface area contributed by atoms with E-state index in [2.05, 4.69) is 11.1 Å². The monoisotopic (exact) mass is 298 g/mol. The van der Waals surface area contributed by atoms with E-state index < -0.39 is 0 Å². The molecule has 0 unspecified atom stereocenters. The fourth-order valence-electron chi connectivity index (χ4n) is 2.55. The Morgan fingerprint density at radius 1 is 1.32 bits per heavy atom. The molecule has 0 saturated heterocycles. The molecule has 1 aromatic heterocycles. The topological polar surface area (TPSA) is 51.7 Å². The minimum Gasteiger partial charge on any atom is -0.484 e. The molecule has 0 N–H and O–H groups in total. The molecule has 0 aliphatic carbocycles. The average Bonchev–Trinajstić information content (AvgIpc) is 2.51. The number of aromatic nitrogens is 1. The summed E-state index contributed by atoms with van der Waals surface area (Å²) in [5, 5.41) is 0. The summed E-state index contributed by atoms with van der Waals surface area (Å²) in [7, 11) is 0. The standard InChI is InChI=1S/C17H18N2O3/c1-12-8-13(2)10-14(9-12)22-11-16(20)19-6-7-21-17-15(19)4-3-5-18-17/h3-5,8-10H,6-7,11H2,1-2H3. The summed E-state index contributed by atoms with van der Waals surface area (Å²) in [5.74, 6) is 1.11. The van der Waals surface area contributed by atoms with Gasteiger partial charge in [0, 0.05) is 6.20 Å². The van der Waals surface area contributed by atoms with Gasteiger partial charge in [-0.3, -0.25) is 4.79 Å². The van der Waals surface area contributed by atoms with Crippen LogP contribution >= 0.6 is 0 Å². The second-order valence-corrected chi connectivity index (χ2v) is 5.33. The zero-order chi connectivity index (χ0) is 15.5. The molecule has 2 heterocycles. The molecule has 1 aliphatic heterocycles. The number of aryl methyl sites for hydroxylation is 2. The van der Waals surface area contributed by atoms with Gasteiger partial charge in [0.05, 0.1) is 6.54 Å². The van der Waals surface area contributed by atoms with Crippen molar-refractivity contribution in [1.29, 1.82) is 0 Å². The number of fused-ring (bicyclic) bond motifs is 1. The first-order chi connectivity index (χ1) is 10.6. The van der Waals surface area contributed by atoms with Crippen molar-refractivity contribution in [2.45, 2.75) is 13.8 Å². The molecule has 114 valence electrons. The first kappa shape index (κ1) is 14.4. The summed E-state index contributed by atoms with van der Waals surface area (Å²) in [6.45, 7) is 4.96. The summed E-state index contributed by atoms with van der Waals surface area (Å²) in [6.07, 6.45) is 1.65. The number of rotatable bonds is 3. The highest BCUT2D eigenvalue weighted by Gasteiger charge is 2.24. The third-order valence-electron chi connectivity index (χ3n) is 3.45. The van der Waals surface area contributed by atoms with Crippen LogP contribution in [-0.2, 0) is 4.79 Å². The van der Waals surface area contributed by atoms with Crippen LogP contribution in [0, 0.1) is 13.8 Å². The fraction of sp³-hybridized carbons (Fsp3) is 0.294. The van der Waals surface area contributed by atoms with Crippen molar-refractivity contribution in [1.82, 2.24) is 4.98 Å². The normalized spacial score (nSPS) is 13.3. The van der Waals surface area contributed by atoms with E-state index in [0.717, 1.165) is 11.1 Å². The molecular formula is C17H18N2O3. The maximum Gasteiger partial charge on any atom is 0.265 e. The van der Waals surface area contributed by atoms with Gasteiger partial charge >= 0.3 is 0 Å². The molecule has 0 atom stereocenters. The Labute approximate surface area is 129 Å². The second kappa shape index (κ2) is 6.05. The van der Waals surface area contributed by atoms with E-state index in [-0.39, 0.29) is 12.5 Å². The van der Waals surface area contributed by atoms with Crippen molar-refractivity contribution in [3.63, 3.8) is 0 Å². The molecule has 2 aromatic rings. The molecule has 22 heavy (non-hydrogen) atoms. The van der Waals surface area contributed by atoms with Crippen molar-refractivity contribution in [3.05, 3.63) is 47.7 Å². The Morgan fingerprint density at radius 2 is 2.09 bits per heavy atom. The maximum absolute atomic E-state index is 12.4. The molecule has 0 bridgehead atoms. The third-order valence-corrected chi connectivity index (χ3v) is 3.45. The van der Waals surface area contributed by atoms with Crippen molar-refractivity contribution >= 4 is 11.6 Å². The Morgan fingerprint density at radius 3 is 2.86 bits per heavy atom. The number of nitrogens with zero attached hydrogens (tertiary/aromatic N) is 2. The van der Waals surface area contributed by atoms with Gasteiger partial charge < -0.3 is 14.4 Å². The van der Waals surface area contributed by atoms with Crippen molar-refractivity contribution < 1.29 is 14.3 Å². The number of amides is 1.